The average Bonchev–Trinajstić information content (AvgIpc) is 2.93. The molecule has 11 heteroatoms. The van der Waals surface area contributed by atoms with Gasteiger partial charge in [-0.3, -0.25) is 5.32 Å². The number of hydrogen-bond acceptors (Lipinski definition) is 7. The SMILES string of the molecule is N=N/C=C1\C=C/C(c2cccc(S(=O)(=O)C3(C4CCNCC4)CC(F)(F)C3)c2)c2ccc(cc2)OC(=O)N1. The van der Waals surface area contributed by atoms with Gasteiger partial charge in [-0.25, -0.2) is 27.5 Å². The van der Waals surface area contributed by atoms with Crippen molar-refractivity contribution in [3.63, 3.8) is 0 Å². The summed E-state index contributed by atoms with van der Waals surface area (Å²) < 4.78 is 60.3. The van der Waals surface area contributed by atoms with Gasteiger partial charge in [-0.05, 0) is 73.3 Å². The fourth-order valence-corrected chi connectivity index (χ4v) is 8.27. The summed E-state index contributed by atoms with van der Waals surface area (Å²) in [5.74, 6) is -3.47. The van der Waals surface area contributed by atoms with Crippen LogP contribution in [0.1, 0.15) is 42.7 Å². The van der Waals surface area contributed by atoms with Crippen molar-refractivity contribution in [2.75, 3.05) is 13.1 Å². The number of benzene rings is 2. The van der Waals surface area contributed by atoms with Gasteiger partial charge in [0.15, 0.2) is 9.84 Å². The standard InChI is InChI=1S/C27H28F2N4O4S/c28-27(29)16-26(17-27,20-10-12-31-13-11-20)38(35,36)23-3-1-2-19(14-23)24-9-6-21(15-32-30)33-25(34)37-22-7-4-18(24)5-8-22/h1-9,14-15,20,24,30-31H,10-13,16-17H2,(H,33,34)/b9-6-,21-15+,32-30?. The topological polar surface area (TPSA) is 121 Å². The van der Waals surface area contributed by atoms with Crippen LogP contribution < -0.4 is 15.4 Å². The molecule has 1 saturated heterocycles. The van der Waals surface area contributed by atoms with Crippen molar-refractivity contribution in [3.8, 4) is 5.75 Å². The van der Waals surface area contributed by atoms with Gasteiger partial charge in [0.05, 0.1) is 21.5 Å². The number of carbonyl (C=O) groups is 1. The first-order valence-corrected chi connectivity index (χ1v) is 13.9. The number of ether oxygens (including phenoxy) is 1. The van der Waals surface area contributed by atoms with E-state index in [-0.39, 0.29) is 16.5 Å². The Labute approximate surface area is 219 Å². The van der Waals surface area contributed by atoms with Crippen LogP contribution in [0.5, 0.6) is 5.75 Å². The molecule has 2 aromatic rings. The molecule has 0 radical (unpaired) electrons. The lowest BCUT2D eigenvalue weighted by Gasteiger charge is -2.52. The molecule has 200 valence electrons. The molecule has 4 aliphatic rings. The largest absolute Gasteiger partial charge is 0.417 e. The van der Waals surface area contributed by atoms with Crippen LogP contribution in [0.25, 0.3) is 0 Å². The molecule has 1 atom stereocenters. The molecule has 2 bridgehead atoms. The molecular formula is C27H28F2N4O4S. The molecule has 2 aromatic carbocycles. The predicted octanol–water partition coefficient (Wildman–Crippen LogP) is 5.29. The number of nitrogens with zero attached hydrogens (tertiary/aromatic N) is 1. The Kier molecular flexibility index (Phi) is 6.91. The van der Waals surface area contributed by atoms with Gasteiger partial charge in [0.2, 0.25) is 0 Å². The molecule has 6 rings (SSSR count). The van der Waals surface area contributed by atoms with Crippen LogP contribution >= 0.6 is 0 Å². The molecular weight excluding hydrogens is 514 g/mol. The lowest BCUT2D eigenvalue weighted by Crippen LogP contribution is -2.62. The molecule has 38 heavy (non-hydrogen) atoms. The minimum absolute atomic E-state index is 0.0249. The second kappa shape index (κ2) is 10.0. The summed E-state index contributed by atoms with van der Waals surface area (Å²) in [6.07, 6.45) is 3.47. The Morgan fingerprint density at radius 3 is 2.42 bits per heavy atom. The second-order valence-electron chi connectivity index (χ2n) is 10.0. The summed E-state index contributed by atoms with van der Waals surface area (Å²) in [4.78, 5) is 12.2. The predicted molar refractivity (Wildman–Crippen MR) is 136 cm³/mol. The first-order valence-electron chi connectivity index (χ1n) is 12.4. The zero-order chi connectivity index (χ0) is 27.0. The third-order valence-electron chi connectivity index (χ3n) is 7.63. The minimum Gasteiger partial charge on any atom is -0.410 e. The molecule has 2 fully saturated rings. The Bertz CT molecular complexity index is 1390. The number of rotatable bonds is 5. The second-order valence-corrected chi connectivity index (χ2v) is 12.3. The number of allylic oxidation sites excluding steroid dienone is 2. The average molecular weight is 543 g/mol. The number of amides is 1. The molecule has 8 nitrogen and oxygen atoms in total. The minimum atomic E-state index is -4.08. The highest BCUT2D eigenvalue weighted by Crippen LogP contribution is 2.57. The van der Waals surface area contributed by atoms with Crippen LogP contribution in [-0.2, 0) is 9.84 Å². The molecule has 0 aromatic heterocycles. The van der Waals surface area contributed by atoms with Gasteiger partial charge in [-0.15, -0.1) is 0 Å². The van der Waals surface area contributed by atoms with Crippen LogP contribution in [0.15, 0.2) is 82.6 Å². The van der Waals surface area contributed by atoms with Crippen LogP contribution in [0.4, 0.5) is 13.6 Å². The van der Waals surface area contributed by atoms with Gasteiger partial charge in [0.25, 0.3) is 5.92 Å². The number of piperidine rings is 1. The van der Waals surface area contributed by atoms with Gasteiger partial charge in [0, 0.05) is 18.8 Å². The maximum Gasteiger partial charge on any atom is 0.417 e. The zero-order valence-corrected chi connectivity index (χ0v) is 21.3. The highest BCUT2D eigenvalue weighted by molar-refractivity contribution is 7.93. The fraction of sp³-hybridized carbons (Fsp3) is 0.370. The van der Waals surface area contributed by atoms with E-state index in [9.17, 15) is 22.0 Å². The number of carbonyl (C=O) groups excluding carboxylic acids is 1. The van der Waals surface area contributed by atoms with Crippen molar-refractivity contribution < 1.29 is 26.7 Å². The van der Waals surface area contributed by atoms with E-state index in [1.807, 2.05) is 0 Å². The number of sulfone groups is 1. The van der Waals surface area contributed by atoms with E-state index in [1.54, 1.807) is 54.6 Å². The summed E-state index contributed by atoms with van der Waals surface area (Å²) in [6, 6.07) is 13.2. The van der Waals surface area contributed by atoms with Crippen molar-refractivity contribution in [2.45, 2.75) is 47.2 Å². The highest BCUT2D eigenvalue weighted by atomic mass is 32.2. The zero-order valence-electron chi connectivity index (χ0n) is 20.5. The number of halogens is 2. The van der Waals surface area contributed by atoms with Gasteiger partial charge < -0.3 is 10.1 Å². The van der Waals surface area contributed by atoms with E-state index >= 15 is 0 Å². The number of alkyl halides is 2. The summed E-state index contributed by atoms with van der Waals surface area (Å²) >= 11 is 0. The molecule has 0 spiro atoms. The highest BCUT2D eigenvalue weighted by Gasteiger charge is 2.66. The number of hydrogen-bond donors (Lipinski definition) is 3. The van der Waals surface area contributed by atoms with Crippen LogP contribution in [0.3, 0.4) is 0 Å². The normalized spacial score (nSPS) is 24.9. The molecule has 3 aliphatic heterocycles. The third kappa shape index (κ3) is 4.88. The lowest BCUT2D eigenvalue weighted by molar-refractivity contribution is -0.115. The Morgan fingerprint density at radius 2 is 1.76 bits per heavy atom. The van der Waals surface area contributed by atoms with Gasteiger partial charge in [-0.2, -0.15) is 5.11 Å². The summed E-state index contributed by atoms with van der Waals surface area (Å²) in [5.41, 5.74) is 8.77. The monoisotopic (exact) mass is 542 g/mol. The first kappa shape index (κ1) is 26.2. The van der Waals surface area contributed by atoms with E-state index < -0.39 is 45.4 Å². The Morgan fingerprint density at radius 1 is 1.05 bits per heavy atom. The van der Waals surface area contributed by atoms with Crippen molar-refractivity contribution in [2.24, 2.45) is 11.0 Å². The summed E-state index contributed by atoms with van der Waals surface area (Å²) in [5, 5.41) is 8.92. The molecule has 3 N–H and O–H groups in total. The van der Waals surface area contributed by atoms with E-state index in [2.05, 4.69) is 15.7 Å². The summed E-state index contributed by atoms with van der Waals surface area (Å²) in [7, 11) is -4.08. The van der Waals surface area contributed by atoms with E-state index in [1.165, 1.54) is 6.07 Å². The maximum absolute atomic E-state index is 14.2. The first-order chi connectivity index (χ1) is 18.1. The summed E-state index contributed by atoms with van der Waals surface area (Å²) in [6.45, 7) is 1.22. The third-order valence-corrected chi connectivity index (χ3v) is 10.2. The van der Waals surface area contributed by atoms with Crippen molar-refractivity contribution in [1.29, 1.82) is 5.53 Å². The van der Waals surface area contributed by atoms with Crippen LogP contribution in [-0.4, -0.2) is 38.3 Å². The van der Waals surface area contributed by atoms with Crippen molar-refractivity contribution >= 4 is 15.9 Å². The van der Waals surface area contributed by atoms with Crippen LogP contribution in [0, 0.1) is 11.4 Å². The Hall–Kier alpha value is -3.44. The van der Waals surface area contributed by atoms with E-state index in [4.69, 9.17) is 10.3 Å². The van der Waals surface area contributed by atoms with E-state index in [0.29, 0.717) is 37.2 Å². The Balaban J connectivity index is 1.56. The van der Waals surface area contributed by atoms with Crippen LogP contribution in [0.2, 0.25) is 0 Å². The lowest BCUT2D eigenvalue weighted by atomic mass is 9.69. The van der Waals surface area contributed by atoms with E-state index in [0.717, 1.165) is 11.8 Å². The maximum atomic E-state index is 14.2. The molecule has 1 aliphatic carbocycles. The fourth-order valence-electron chi connectivity index (χ4n) is 5.77. The molecule has 1 saturated carbocycles. The molecule has 3 heterocycles. The van der Waals surface area contributed by atoms with Gasteiger partial charge in [-0.1, -0.05) is 30.3 Å². The van der Waals surface area contributed by atoms with Gasteiger partial charge in [0.1, 0.15) is 5.75 Å². The van der Waals surface area contributed by atoms with Crippen molar-refractivity contribution in [1.82, 2.24) is 10.6 Å². The number of nitrogens with one attached hydrogen (secondary N) is 3. The van der Waals surface area contributed by atoms with Crippen molar-refractivity contribution in [3.05, 3.63) is 83.7 Å². The molecule has 1 amide bonds. The smallest absolute Gasteiger partial charge is 0.410 e. The molecule has 1 unspecified atom stereocenters. The number of fused-ring (bicyclic) bond motifs is 7. The quantitative estimate of drug-likeness (QED) is 0.444. The van der Waals surface area contributed by atoms with Gasteiger partial charge >= 0.3 is 6.09 Å².